The van der Waals surface area contributed by atoms with Gasteiger partial charge in [0.25, 0.3) is 5.91 Å². The number of hydrogen-bond acceptors (Lipinski definition) is 3. The van der Waals surface area contributed by atoms with Crippen molar-refractivity contribution in [2.24, 2.45) is 0 Å². The van der Waals surface area contributed by atoms with Crippen LogP contribution in [0.3, 0.4) is 0 Å². The van der Waals surface area contributed by atoms with E-state index in [2.05, 4.69) is 31.4 Å². The van der Waals surface area contributed by atoms with Crippen molar-refractivity contribution < 1.29 is 4.79 Å². The maximum atomic E-state index is 12.1. The zero-order chi connectivity index (χ0) is 14.0. The zero-order valence-electron chi connectivity index (χ0n) is 9.75. The second kappa shape index (κ2) is 5.86. The Morgan fingerprint density at radius 3 is 2.79 bits per heavy atom. The molecule has 1 N–H and O–H groups in total. The van der Waals surface area contributed by atoms with Gasteiger partial charge in [-0.25, -0.2) is 0 Å². The van der Waals surface area contributed by atoms with Gasteiger partial charge in [0.05, 0.1) is 11.3 Å². The van der Waals surface area contributed by atoms with E-state index in [9.17, 15) is 4.79 Å². The Bertz CT molecular complexity index is 649. The molecule has 0 atom stereocenters. The third kappa shape index (κ3) is 3.23. The van der Waals surface area contributed by atoms with Crippen molar-refractivity contribution in [2.75, 3.05) is 5.32 Å². The van der Waals surface area contributed by atoms with Crippen LogP contribution in [0.15, 0.2) is 28.7 Å². The Balaban J connectivity index is 2.31. The van der Waals surface area contributed by atoms with Crippen LogP contribution in [0.5, 0.6) is 0 Å². The van der Waals surface area contributed by atoms with Crippen LogP contribution in [0.25, 0.3) is 0 Å². The molecule has 1 aromatic heterocycles. The molecule has 2 aromatic rings. The highest BCUT2D eigenvalue weighted by Crippen LogP contribution is 2.27. The number of carbonyl (C=O) groups excluding carboxylic acids is 1. The van der Waals surface area contributed by atoms with E-state index < -0.39 is 5.91 Å². The van der Waals surface area contributed by atoms with Crippen molar-refractivity contribution in [3.05, 3.63) is 50.2 Å². The highest BCUT2D eigenvalue weighted by atomic mass is 79.9. The van der Waals surface area contributed by atoms with Gasteiger partial charge in [0.1, 0.15) is 0 Å². The summed E-state index contributed by atoms with van der Waals surface area (Å²) in [7, 11) is 0. The van der Waals surface area contributed by atoms with Gasteiger partial charge in [-0.05, 0) is 40.5 Å². The molecule has 98 valence electrons. The van der Waals surface area contributed by atoms with Gasteiger partial charge in [0.15, 0.2) is 10.3 Å². The number of benzene rings is 1. The molecule has 1 amide bonds. The average Bonchev–Trinajstić information content (AvgIpc) is 2.38. The number of aromatic nitrogens is 2. The number of nitrogens with one attached hydrogen (secondary N) is 1. The van der Waals surface area contributed by atoms with Gasteiger partial charge in [-0.2, -0.15) is 0 Å². The summed E-state index contributed by atoms with van der Waals surface area (Å²) < 4.78 is 0.813. The van der Waals surface area contributed by atoms with Crippen LogP contribution < -0.4 is 5.32 Å². The molecule has 0 aliphatic rings. The Labute approximate surface area is 128 Å². The standard InChI is InChI=1S/C12H8BrCl2N3O/c1-6-3-2-4-8(10(6)13)16-12(19)7-5-9(14)17-18-11(7)15/h2-5H,1H3,(H,16,19). The normalized spacial score (nSPS) is 10.3. The molecule has 0 aliphatic heterocycles. The minimum atomic E-state index is -0.395. The molecular formula is C12H8BrCl2N3O. The first-order valence-corrected chi connectivity index (χ1v) is 6.79. The Kier molecular flexibility index (Phi) is 4.39. The van der Waals surface area contributed by atoms with E-state index in [-0.39, 0.29) is 15.9 Å². The topological polar surface area (TPSA) is 54.9 Å². The summed E-state index contributed by atoms with van der Waals surface area (Å²) in [5.74, 6) is -0.395. The third-order valence-corrected chi connectivity index (χ3v) is 3.92. The van der Waals surface area contributed by atoms with Crippen LogP contribution in [0.1, 0.15) is 15.9 Å². The van der Waals surface area contributed by atoms with Crippen molar-refractivity contribution in [3.8, 4) is 0 Å². The lowest BCUT2D eigenvalue weighted by Crippen LogP contribution is -2.14. The van der Waals surface area contributed by atoms with E-state index in [1.807, 2.05) is 19.1 Å². The average molecular weight is 361 g/mol. The minimum Gasteiger partial charge on any atom is -0.321 e. The summed E-state index contributed by atoms with van der Waals surface area (Å²) in [5.41, 5.74) is 1.83. The molecular weight excluding hydrogens is 353 g/mol. The molecule has 0 saturated carbocycles. The highest BCUT2D eigenvalue weighted by molar-refractivity contribution is 9.10. The summed E-state index contributed by atoms with van der Waals surface area (Å²) >= 11 is 14.9. The molecule has 0 fully saturated rings. The minimum absolute atomic E-state index is 0.00526. The van der Waals surface area contributed by atoms with E-state index >= 15 is 0 Å². The maximum absolute atomic E-state index is 12.1. The van der Waals surface area contributed by atoms with Gasteiger partial charge in [-0.1, -0.05) is 35.3 Å². The van der Waals surface area contributed by atoms with Gasteiger partial charge in [-0.3, -0.25) is 4.79 Å². The molecule has 2 rings (SSSR count). The number of nitrogens with zero attached hydrogens (tertiary/aromatic N) is 2. The predicted octanol–water partition coefficient (Wildman–Crippen LogP) is 4.11. The molecule has 1 aromatic carbocycles. The quantitative estimate of drug-likeness (QED) is 0.876. The zero-order valence-corrected chi connectivity index (χ0v) is 12.8. The van der Waals surface area contributed by atoms with Crippen molar-refractivity contribution in [1.82, 2.24) is 10.2 Å². The molecule has 19 heavy (non-hydrogen) atoms. The number of anilines is 1. The largest absolute Gasteiger partial charge is 0.321 e. The number of hydrogen-bond donors (Lipinski definition) is 1. The summed E-state index contributed by atoms with van der Waals surface area (Å²) in [5, 5.41) is 10.0. The van der Waals surface area contributed by atoms with Gasteiger partial charge >= 0.3 is 0 Å². The van der Waals surface area contributed by atoms with Crippen molar-refractivity contribution in [3.63, 3.8) is 0 Å². The van der Waals surface area contributed by atoms with Crippen molar-refractivity contribution >= 4 is 50.7 Å². The smallest absolute Gasteiger partial charge is 0.259 e. The second-order valence-corrected chi connectivity index (χ2v) is 5.30. The summed E-state index contributed by atoms with van der Waals surface area (Å²) in [4.78, 5) is 12.1. The number of rotatable bonds is 2. The first-order valence-electron chi connectivity index (χ1n) is 5.24. The molecule has 0 unspecified atom stereocenters. The van der Waals surface area contributed by atoms with Crippen LogP contribution in [-0.2, 0) is 0 Å². The van der Waals surface area contributed by atoms with Gasteiger partial charge in [0, 0.05) is 4.47 Å². The predicted molar refractivity (Wildman–Crippen MR) is 78.9 cm³/mol. The van der Waals surface area contributed by atoms with Crippen LogP contribution in [0.4, 0.5) is 5.69 Å². The lowest BCUT2D eigenvalue weighted by atomic mass is 10.2. The van der Waals surface area contributed by atoms with Crippen LogP contribution >= 0.6 is 39.1 Å². The van der Waals surface area contributed by atoms with E-state index in [0.717, 1.165) is 10.0 Å². The van der Waals surface area contributed by atoms with E-state index in [4.69, 9.17) is 23.2 Å². The van der Waals surface area contributed by atoms with Crippen molar-refractivity contribution in [2.45, 2.75) is 6.92 Å². The Morgan fingerprint density at radius 2 is 2.05 bits per heavy atom. The van der Waals surface area contributed by atoms with E-state index in [1.165, 1.54) is 6.07 Å². The van der Waals surface area contributed by atoms with E-state index in [1.54, 1.807) is 6.07 Å². The molecule has 0 saturated heterocycles. The maximum Gasteiger partial charge on any atom is 0.259 e. The fourth-order valence-electron chi connectivity index (χ4n) is 1.45. The fraction of sp³-hybridized carbons (Fsp3) is 0.0833. The summed E-state index contributed by atoms with van der Waals surface area (Å²) in [6, 6.07) is 6.92. The monoisotopic (exact) mass is 359 g/mol. The van der Waals surface area contributed by atoms with Gasteiger partial charge in [-0.15, -0.1) is 10.2 Å². The van der Waals surface area contributed by atoms with E-state index in [0.29, 0.717) is 5.69 Å². The molecule has 1 heterocycles. The van der Waals surface area contributed by atoms with Gasteiger partial charge in [0.2, 0.25) is 0 Å². The number of halogens is 3. The van der Waals surface area contributed by atoms with Gasteiger partial charge < -0.3 is 5.32 Å². The SMILES string of the molecule is Cc1cccc(NC(=O)c2cc(Cl)nnc2Cl)c1Br. The number of carbonyl (C=O) groups is 1. The molecule has 7 heteroatoms. The molecule has 0 radical (unpaired) electrons. The van der Waals surface area contributed by atoms with Crippen LogP contribution in [0, 0.1) is 6.92 Å². The lowest BCUT2D eigenvalue weighted by molar-refractivity contribution is 0.102. The Hall–Kier alpha value is -1.17. The second-order valence-electron chi connectivity index (χ2n) is 3.76. The number of amides is 1. The first kappa shape index (κ1) is 14.2. The fourth-order valence-corrected chi connectivity index (χ4v) is 2.13. The molecule has 0 aliphatic carbocycles. The third-order valence-electron chi connectivity index (χ3n) is 2.40. The first-order chi connectivity index (χ1) is 8.99. The Morgan fingerprint density at radius 1 is 1.32 bits per heavy atom. The summed E-state index contributed by atoms with van der Waals surface area (Å²) in [6.07, 6.45) is 0. The van der Waals surface area contributed by atoms with Crippen molar-refractivity contribution in [1.29, 1.82) is 0 Å². The molecule has 4 nitrogen and oxygen atoms in total. The molecule has 0 spiro atoms. The number of aryl methyl sites for hydroxylation is 1. The lowest BCUT2D eigenvalue weighted by Gasteiger charge is -2.09. The summed E-state index contributed by atoms with van der Waals surface area (Å²) in [6.45, 7) is 1.93. The van der Waals surface area contributed by atoms with Crippen LogP contribution in [0.2, 0.25) is 10.3 Å². The highest BCUT2D eigenvalue weighted by Gasteiger charge is 2.14. The van der Waals surface area contributed by atoms with Crippen LogP contribution in [-0.4, -0.2) is 16.1 Å². The molecule has 0 bridgehead atoms.